The Morgan fingerprint density at radius 2 is 2.10 bits per heavy atom. The summed E-state index contributed by atoms with van der Waals surface area (Å²) in [6.07, 6.45) is 5.25. The van der Waals surface area contributed by atoms with E-state index >= 15 is 0 Å². The first kappa shape index (κ1) is 15.4. The van der Waals surface area contributed by atoms with Crippen LogP contribution in [0.15, 0.2) is 24.7 Å². The standard InChI is InChI=1S/C15H23N5O/c1-4-16-13(9-14-18-11-19-20(14)5-2)8-12-6-7-15(21-3)17-10-12/h6-7,10-11,13,16H,4-5,8-9H2,1-3H3. The van der Waals surface area contributed by atoms with Gasteiger partial charge in [0.15, 0.2) is 0 Å². The zero-order valence-electron chi connectivity index (χ0n) is 12.9. The first-order valence-corrected chi connectivity index (χ1v) is 7.35. The van der Waals surface area contributed by atoms with Gasteiger partial charge in [0, 0.05) is 31.3 Å². The quantitative estimate of drug-likeness (QED) is 0.797. The van der Waals surface area contributed by atoms with E-state index in [1.165, 1.54) is 5.56 Å². The molecule has 114 valence electrons. The minimum absolute atomic E-state index is 0.319. The van der Waals surface area contributed by atoms with Gasteiger partial charge in [0.1, 0.15) is 12.2 Å². The van der Waals surface area contributed by atoms with Gasteiger partial charge in [-0.1, -0.05) is 13.0 Å². The summed E-state index contributed by atoms with van der Waals surface area (Å²) >= 11 is 0. The summed E-state index contributed by atoms with van der Waals surface area (Å²) in [6, 6.07) is 4.27. The molecule has 1 unspecified atom stereocenters. The maximum atomic E-state index is 5.09. The number of likely N-dealkylation sites (N-methyl/N-ethyl adjacent to an activating group) is 1. The van der Waals surface area contributed by atoms with Crippen LogP contribution in [-0.2, 0) is 19.4 Å². The Kier molecular flexibility index (Phi) is 5.68. The number of methoxy groups -OCH3 is 1. The summed E-state index contributed by atoms with van der Waals surface area (Å²) in [5, 5.41) is 7.74. The van der Waals surface area contributed by atoms with Gasteiger partial charge >= 0.3 is 0 Å². The lowest BCUT2D eigenvalue weighted by Crippen LogP contribution is -2.34. The Morgan fingerprint density at radius 3 is 2.71 bits per heavy atom. The zero-order valence-corrected chi connectivity index (χ0v) is 12.9. The van der Waals surface area contributed by atoms with Crippen molar-refractivity contribution in [3.05, 3.63) is 36.0 Å². The van der Waals surface area contributed by atoms with Crippen LogP contribution in [0.3, 0.4) is 0 Å². The van der Waals surface area contributed by atoms with Crippen LogP contribution in [0.1, 0.15) is 25.2 Å². The summed E-state index contributed by atoms with van der Waals surface area (Å²) in [5.41, 5.74) is 1.18. The highest BCUT2D eigenvalue weighted by molar-refractivity contribution is 5.19. The molecule has 0 aliphatic carbocycles. The minimum atomic E-state index is 0.319. The topological polar surface area (TPSA) is 64.9 Å². The molecular formula is C15H23N5O. The predicted molar refractivity (Wildman–Crippen MR) is 81.4 cm³/mol. The maximum absolute atomic E-state index is 5.09. The number of aryl methyl sites for hydroxylation is 1. The average molecular weight is 289 g/mol. The Labute approximate surface area is 125 Å². The summed E-state index contributed by atoms with van der Waals surface area (Å²) in [6.45, 7) is 5.96. The number of hydrogen-bond donors (Lipinski definition) is 1. The van der Waals surface area contributed by atoms with E-state index in [0.717, 1.165) is 31.8 Å². The molecule has 1 N–H and O–H groups in total. The molecule has 2 aromatic rings. The van der Waals surface area contributed by atoms with Crippen molar-refractivity contribution in [2.75, 3.05) is 13.7 Å². The SMILES string of the molecule is CCNC(Cc1ccc(OC)nc1)Cc1ncnn1CC. The molecule has 0 fully saturated rings. The van der Waals surface area contributed by atoms with Crippen molar-refractivity contribution in [3.8, 4) is 5.88 Å². The van der Waals surface area contributed by atoms with Gasteiger partial charge in [-0.05, 0) is 25.5 Å². The van der Waals surface area contributed by atoms with Crippen molar-refractivity contribution in [1.29, 1.82) is 0 Å². The van der Waals surface area contributed by atoms with E-state index in [4.69, 9.17) is 4.74 Å². The molecule has 0 aliphatic rings. The third kappa shape index (κ3) is 4.26. The van der Waals surface area contributed by atoms with Crippen molar-refractivity contribution in [2.24, 2.45) is 0 Å². The van der Waals surface area contributed by atoms with Crippen LogP contribution in [-0.4, -0.2) is 39.4 Å². The summed E-state index contributed by atoms with van der Waals surface area (Å²) in [4.78, 5) is 8.61. The lowest BCUT2D eigenvalue weighted by Gasteiger charge is -2.17. The van der Waals surface area contributed by atoms with Gasteiger partial charge in [-0.15, -0.1) is 0 Å². The first-order chi connectivity index (χ1) is 10.3. The van der Waals surface area contributed by atoms with Gasteiger partial charge in [-0.25, -0.2) is 9.97 Å². The Bertz CT molecular complexity index is 537. The highest BCUT2D eigenvalue weighted by atomic mass is 16.5. The molecule has 0 bridgehead atoms. The van der Waals surface area contributed by atoms with Gasteiger partial charge in [0.25, 0.3) is 0 Å². The van der Waals surface area contributed by atoms with Gasteiger partial charge in [0.2, 0.25) is 5.88 Å². The molecule has 1 atom stereocenters. The normalized spacial score (nSPS) is 12.3. The lowest BCUT2D eigenvalue weighted by molar-refractivity contribution is 0.397. The van der Waals surface area contributed by atoms with E-state index in [1.807, 2.05) is 16.9 Å². The number of ether oxygens (including phenoxy) is 1. The van der Waals surface area contributed by atoms with Crippen molar-refractivity contribution in [1.82, 2.24) is 25.1 Å². The number of nitrogens with zero attached hydrogens (tertiary/aromatic N) is 4. The van der Waals surface area contributed by atoms with E-state index in [-0.39, 0.29) is 0 Å². The van der Waals surface area contributed by atoms with E-state index in [2.05, 4.69) is 40.3 Å². The third-order valence-corrected chi connectivity index (χ3v) is 3.41. The van der Waals surface area contributed by atoms with Crippen LogP contribution in [0.2, 0.25) is 0 Å². The molecule has 0 saturated heterocycles. The number of rotatable bonds is 8. The van der Waals surface area contributed by atoms with E-state index in [9.17, 15) is 0 Å². The molecule has 6 nitrogen and oxygen atoms in total. The van der Waals surface area contributed by atoms with Gasteiger partial charge in [-0.3, -0.25) is 4.68 Å². The van der Waals surface area contributed by atoms with Crippen molar-refractivity contribution in [2.45, 2.75) is 39.3 Å². The fourth-order valence-corrected chi connectivity index (χ4v) is 2.37. The Hall–Kier alpha value is -1.95. The highest BCUT2D eigenvalue weighted by Gasteiger charge is 2.13. The van der Waals surface area contributed by atoms with Crippen molar-refractivity contribution < 1.29 is 4.74 Å². The Morgan fingerprint density at radius 1 is 1.24 bits per heavy atom. The molecule has 0 aliphatic heterocycles. The monoisotopic (exact) mass is 289 g/mol. The Balaban J connectivity index is 2.04. The van der Waals surface area contributed by atoms with Gasteiger partial charge < -0.3 is 10.1 Å². The van der Waals surface area contributed by atoms with Crippen molar-refractivity contribution >= 4 is 0 Å². The molecule has 0 aromatic carbocycles. The smallest absolute Gasteiger partial charge is 0.212 e. The van der Waals surface area contributed by atoms with Crippen LogP contribution >= 0.6 is 0 Å². The molecule has 0 saturated carbocycles. The van der Waals surface area contributed by atoms with Crippen LogP contribution in [0.5, 0.6) is 5.88 Å². The zero-order chi connectivity index (χ0) is 15.1. The molecular weight excluding hydrogens is 266 g/mol. The number of pyridine rings is 1. The van der Waals surface area contributed by atoms with Gasteiger partial charge in [0.05, 0.1) is 7.11 Å². The predicted octanol–water partition coefficient (Wildman–Crippen LogP) is 1.46. The molecule has 2 aromatic heterocycles. The highest BCUT2D eigenvalue weighted by Crippen LogP contribution is 2.11. The largest absolute Gasteiger partial charge is 0.481 e. The van der Waals surface area contributed by atoms with E-state index < -0.39 is 0 Å². The van der Waals surface area contributed by atoms with Crippen LogP contribution < -0.4 is 10.1 Å². The molecule has 2 heterocycles. The summed E-state index contributed by atoms with van der Waals surface area (Å²) in [5.74, 6) is 1.66. The number of aromatic nitrogens is 4. The van der Waals surface area contributed by atoms with Crippen molar-refractivity contribution in [3.63, 3.8) is 0 Å². The second-order valence-corrected chi connectivity index (χ2v) is 4.86. The fraction of sp³-hybridized carbons (Fsp3) is 0.533. The van der Waals surface area contributed by atoms with Crippen LogP contribution in [0.25, 0.3) is 0 Å². The lowest BCUT2D eigenvalue weighted by atomic mass is 10.0. The number of hydrogen-bond acceptors (Lipinski definition) is 5. The van der Waals surface area contributed by atoms with Crippen LogP contribution in [0.4, 0.5) is 0 Å². The van der Waals surface area contributed by atoms with Crippen LogP contribution in [0, 0.1) is 0 Å². The maximum Gasteiger partial charge on any atom is 0.212 e. The van der Waals surface area contributed by atoms with Gasteiger partial charge in [-0.2, -0.15) is 5.10 Å². The molecule has 2 rings (SSSR count). The molecule has 0 amide bonds. The molecule has 6 heteroatoms. The number of nitrogens with one attached hydrogen (secondary N) is 1. The first-order valence-electron chi connectivity index (χ1n) is 7.35. The minimum Gasteiger partial charge on any atom is -0.481 e. The fourth-order valence-electron chi connectivity index (χ4n) is 2.37. The molecule has 0 spiro atoms. The average Bonchev–Trinajstić information content (AvgIpc) is 2.95. The summed E-state index contributed by atoms with van der Waals surface area (Å²) in [7, 11) is 1.63. The summed E-state index contributed by atoms with van der Waals surface area (Å²) < 4.78 is 7.03. The van der Waals surface area contributed by atoms with E-state index in [0.29, 0.717) is 11.9 Å². The molecule has 21 heavy (non-hydrogen) atoms. The third-order valence-electron chi connectivity index (χ3n) is 3.41. The van der Waals surface area contributed by atoms with E-state index in [1.54, 1.807) is 13.4 Å². The second-order valence-electron chi connectivity index (χ2n) is 4.86. The molecule has 0 radical (unpaired) electrons. The second kappa shape index (κ2) is 7.73.